The van der Waals surface area contributed by atoms with Crippen LogP contribution in [0.25, 0.3) is 0 Å². The van der Waals surface area contributed by atoms with Gasteiger partial charge in [-0.25, -0.2) is 18.3 Å². The summed E-state index contributed by atoms with van der Waals surface area (Å²) in [5, 5.41) is 18.1. The summed E-state index contributed by atoms with van der Waals surface area (Å²) in [6.07, 6.45) is -3.73. The number of aliphatic hydroxyl groups excluding tert-OH is 2. The Morgan fingerprint density at radius 1 is 1.27 bits per heavy atom. The number of nitrogens with one attached hydrogen (secondary N) is 1. The molecule has 20 heteroatoms. The number of nitrogens with zero attached hydrogens (tertiary/aromatic N) is 1. The molecule has 2 rings (SSSR count). The zero-order chi connectivity index (χ0) is 23.5. The van der Waals surface area contributed by atoms with E-state index in [1.165, 1.54) is 6.92 Å². The maximum absolute atomic E-state index is 15.8. The lowest BCUT2D eigenvalue weighted by Gasteiger charge is -2.40. The van der Waals surface area contributed by atoms with Gasteiger partial charge in [-0.15, -0.1) is 0 Å². The summed E-state index contributed by atoms with van der Waals surface area (Å²) in [6.45, 7) is 1.30. The van der Waals surface area contributed by atoms with Gasteiger partial charge >= 0.3 is 21.3 Å². The van der Waals surface area contributed by atoms with E-state index in [0.29, 0.717) is 4.57 Å². The Balaban J connectivity index is 2.51. The molecule has 0 radical (unpaired) electrons. The van der Waals surface area contributed by atoms with Crippen LogP contribution >= 0.6 is 15.6 Å². The first-order valence-corrected chi connectivity index (χ1v) is 11.2. The van der Waals surface area contributed by atoms with Crippen molar-refractivity contribution in [2.75, 3.05) is 0 Å². The minimum absolute atomic E-state index is 0.0251. The van der Waals surface area contributed by atoms with E-state index in [-0.39, 0.29) is 5.56 Å². The fourth-order valence-corrected chi connectivity index (χ4v) is 4.90. The van der Waals surface area contributed by atoms with Crippen molar-refractivity contribution in [1.82, 2.24) is 9.55 Å². The highest BCUT2D eigenvalue weighted by molar-refractivity contribution is 7.60. The number of phosphoric ester groups is 1. The summed E-state index contributed by atoms with van der Waals surface area (Å²) < 4.78 is 52.3. The fraction of sp³-hybridized carbons (Fsp3) is 0.600. The van der Waals surface area contributed by atoms with E-state index >= 15 is 4.39 Å². The zero-order valence-corrected chi connectivity index (χ0v) is 17.8. The van der Waals surface area contributed by atoms with Crippen LogP contribution in [-0.4, -0.2) is 81.4 Å². The second-order valence-electron chi connectivity index (χ2n) is 7.28. The van der Waals surface area contributed by atoms with E-state index in [9.17, 15) is 33.8 Å². The lowest BCUT2D eigenvalue weighted by molar-refractivity contribution is -0.239. The van der Waals surface area contributed by atoms with Gasteiger partial charge in [0.1, 0.15) is 33.5 Å². The molecule has 1 aliphatic rings. The molecule has 0 aromatic carbocycles. The molecule has 1 aromatic rings. The number of phosphoric acid groups is 2. The first-order valence-electron chi connectivity index (χ1n) is 8.14. The van der Waals surface area contributed by atoms with Crippen LogP contribution in [-0.2, 0) is 28.3 Å². The number of hydrogen-bond donors (Lipinski definition) is 6. The topological polar surface area (TPSA) is 218 Å². The lowest BCUT2D eigenvalue weighted by Crippen LogP contribution is -2.60. The maximum Gasteiger partial charge on any atom is 0.480 e. The number of aromatic amines is 1. The van der Waals surface area contributed by atoms with Gasteiger partial charge in [0, 0.05) is 11.8 Å². The predicted molar refractivity (Wildman–Crippen MR) is 103 cm³/mol. The highest BCUT2D eigenvalue weighted by Gasteiger charge is 2.69. The average molecular weight is 472 g/mol. The Morgan fingerprint density at radius 2 is 1.80 bits per heavy atom. The molecule has 0 amide bonds. The highest BCUT2D eigenvalue weighted by atomic mass is 31.3. The van der Waals surface area contributed by atoms with Gasteiger partial charge in [-0.05, 0) is 6.92 Å². The van der Waals surface area contributed by atoms with Gasteiger partial charge in [0.15, 0.2) is 7.85 Å². The van der Waals surface area contributed by atoms with Crippen molar-refractivity contribution in [3.8, 4) is 0 Å². The van der Waals surface area contributed by atoms with Crippen molar-refractivity contribution >= 4 is 39.2 Å². The van der Waals surface area contributed by atoms with E-state index in [2.05, 4.69) is 8.83 Å². The minimum atomic E-state index is -5.61. The highest BCUT2D eigenvalue weighted by Crippen LogP contribution is 2.61. The third-order valence-corrected chi connectivity index (χ3v) is 6.92. The molecular weight excluding hydrogens is 453 g/mol. The monoisotopic (exact) mass is 472 g/mol. The third-order valence-electron chi connectivity index (χ3n) is 4.56. The van der Waals surface area contributed by atoms with Crippen LogP contribution in [0.1, 0.15) is 5.56 Å². The van der Waals surface area contributed by atoms with E-state index in [1.807, 2.05) is 4.98 Å². The number of hydrogen-bond acceptors (Lipinski definition) is 9. The third kappa shape index (κ3) is 4.44. The SMILES string of the molecule is BC(B)(OP(=O)(O)OP(=O)(O)O)[C@@]1(F)O[C@@](B)(n2cc(C)c(=O)[nH]c2=O)[C@H](O)[C@@H]1O. The molecular formula is C10H18B3FN2O12P2. The summed E-state index contributed by atoms with van der Waals surface area (Å²) in [6, 6.07) is 0. The summed E-state index contributed by atoms with van der Waals surface area (Å²) in [4.78, 5) is 52.5. The standard InChI is InChI=1S/C10H18B3FN2O12P2/c1-3-2-16(7(20)15-6(3)19)9(11)5(18)4(17)8(14,26-9)10(12,13)27-30(24,25)28-29(21,22)23/h2,4-5,17-18H,11-13H2,1H3,(H,24,25)(H,15,19,20)(H2,21,22,23)/t4-,5+,8-,9-/m0/s1. The van der Waals surface area contributed by atoms with Crippen LogP contribution < -0.4 is 11.2 Å². The number of halogens is 1. The predicted octanol–water partition coefficient (Wildman–Crippen LogP) is -5.35. The smallest absolute Gasteiger partial charge is 0.386 e. The molecule has 1 aliphatic heterocycles. The van der Waals surface area contributed by atoms with Gasteiger partial charge in [-0.2, -0.15) is 4.31 Å². The summed E-state index contributed by atoms with van der Waals surface area (Å²) >= 11 is 0. The quantitative estimate of drug-likeness (QED) is 0.169. The molecule has 0 aliphatic carbocycles. The Hall–Kier alpha value is -1.06. The molecule has 1 fully saturated rings. The number of alkyl halides is 1. The van der Waals surface area contributed by atoms with Crippen LogP contribution in [0.2, 0.25) is 0 Å². The van der Waals surface area contributed by atoms with Crippen molar-refractivity contribution in [1.29, 1.82) is 0 Å². The first kappa shape index (κ1) is 25.2. The minimum Gasteiger partial charge on any atom is -0.386 e. The van der Waals surface area contributed by atoms with Gasteiger partial charge in [-0.3, -0.25) is 18.9 Å². The molecule has 0 spiro atoms. The summed E-state index contributed by atoms with van der Waals surface area (Å²) in [5.41, 5.74) is -4.26. The molecule has 6 N–H and O–H groups in total. The van der Waals surface area contributed by atoms with Gasteiger partial charge < -0.3 is 29.6 Å². The molecule has 30 heavy (non-hydrogen) atoms. The second-order valence-corrected chi connectivity index (χ2v) is 10.0. The van der Waals surface area contributed by atoms with Crippen molar-refractivity contribution in [3.05, 3.63) is 32.6 Å². The van der Waals surface area contributed by atoms with Gasteiger partial charge in [0.05, 0.1) is 5.40 Å². The van der Waals surface area contributed by atoms with Gasteiger partial charge in [-0.1, -0.05) is 0 Å². The van der Waals surface area contributed by atoms with Crippen LogP contribution in [0.3, 0.4) is 0 Å². The Kier molecular flexibility index (Phi) is 6.32. The number of rotatable bonds is 6. The van der Waals surface area contributed by atoms with Crippen molar-refractivity contribution in [3.63, 3.8) is 0 Å². The van der Waals surface area contributed by atoms with E-state index < -0.39 is 56.0 Å². The molecule has 1 aromatic heterocycles. The van der Waals surface area contributed by atoms with E-state index in [1.54, 1.807) is 0 Å². The molecule has 0 saturated carbocycles. The fourth-order valence-electron chi connectivity index (χ4n) is 2.99. The van der Waals surface area contributed by atoms with E-state index in [0.717, 1.165) is 29.7 Å². The molecule has 1 unspecified atom stereocenters. The number of aromatic nitrogens is 2. The van der Waals surface area contributed by atoms with Crippen LogP contribution in [0, 0.1) is 6.92 Å². The Labute approximate surface area is 170 Å². The van der Waals surface area contributed by atoms with Crippen LogP contribution in [0.15, 0.2) is 15.8 Å². The molecule has 14 nitrogen and oxygen atoms in total. The number of ether oxygens (including phenoxy) is 1. The largest absolute Gasteiger partial charge is 0.480 e. The van der Waals surface area contributed by atoms with Gasteiger partial charge in [0.2, 0.25) is 0 Å². The maximum atomic E-state index is 15.8. The normalized spacial score (nSPS) is 32.1. The van der Waals surface area contributed by atoms with Gasteiger partial charge in [0.25, 0.3) is 11.4 Å². The molecule has 0 bridgehead atoms. The number of H-pyrrole nitrogens is 1. The van der Waals surface area contributed by atoms with Crippen LogP contribution in [0.5, 0.6) is 0 Å². The number of aliphatic hydroxyl groups is 2. The summed E-state index contributed by atoms with van der Waals surface area (Å²) in [7, 11) is -8.62. The Morgan fingerprint density at radius 3 is 2.30 bits per heavy atom. The first-order chi connectivity index (χ1) is 13.3. The van der Waals surface area contributed by atoms with Crippen LogP contribution in [0.4, 0.5) is 4.39 Å². The molecule has 5 atom stereocenters. The van der Waals surface area contributed by atoms with Crippen molar-refractivity contribution < 1.29 is 52.0 Å². The molecule has 1 saturated heterocycles. The molecule has 166 valence electrons. The lowest BCUT2D eigenvalue weighted by atomic mass is 9.59. The van der Waals surface area contributed by atoms with Crippen molar-refractivity contribution in [2.24, 2.45) is 0 Å². The Bertz CT molecular complexity index is 1060. The second kappa shape index (κ2) is 7.52. The zero-order valence-electron chi connectivity index (χ0n) is 16.0. The van der Waals surface area contributed by atoms with E-state index in [4.69, 9.17) is 14.5 Å². The summed E-state index contributed by atoms with van der Waals surface area (Å²) in [5.74, 6) is -3.51. The number of aryl methyl sites for hydroxylation is 1. The van der Waals surface area contributed by atoms with Crippen molar-refractivity contribution in [2.45, 2.75) is 36.0 Å². The molecule has 2 heterocycles. The average Bonchev–Trinajstić information content (AvgIpc) is 2.70.